The largest absolute Gasteiger partial charge is 0.497 e. The normalized spacial score (nSPS) is 14.7. The maximum absolute atomic E-state index is 13.6. The zero-order valence-electron chi connectivity index (χ0n) is 8.90. The molecule has 1 aromatic rings. The Morgan fingerprint density at radius 1 is 1.53 bits per heavy atom. The van der Waals surface area contributed by atoms with Crippen LogP contribution in [0.2, 0.25) is 0 Å². The second kappa shape index (κ2) is 5.09. The SMILES string of the molecule is COc1ccc(C(C)C(N)CO)c(F)c1. The fourth-order valence-electron chi connectivity index (χ4n) is 1.39. The highest BCUT2D eigenvalue weighted by Crippen LogP contribution is 2.24. The van der Waals surface area contributed by atoms with E-state index < -0.39 is 6.04 Å². The van der Waals surface area contributed by atoms with Crippen molar-refractivity contribution < 1.29 is 14.2 Å². The first kappa shape index (κ1) is 11.9. The van der Waals surface area contributed by atoms with E-state index in [2.05, 4.69) is 0 Å². The lowest BCUT2D eigenvalue weighted by molar-refractivity contribution is 0.251. The number of hydrogen-bond acceptors (Lipinski definition) is 3. The van der Waals surface area contributed by atoms with Gasteiger partial charge in [0, 0.05) is 18.0 Å². The van der Waals surface area contributed by atoms with Crippen molar-refractivity contribution in [3.63, 3.8) is 0 Å². The molecule has 84 valence electrons. The third kappa shape index (κ3) is 2.67. The van der Waals surface area contributed by atoms with Crippen LogP contribution in [0.4, 0.5) is 4.39 Å². The molecule has 0 heterocycles. The second-order valence-corrected chi connectivity index (χ2v) is 3.52. The van der Waals surface area contributed by atoms with Crippen molar-refractivity contribution in [1.82, 2.24) is 0 Å². The zero-order valence-corrected chi connectivity index (χ0v) is 8.90. The fourth-order valence-corrected chi connectivity index (χ4v) is 1.39. The van der Waals surface area contributed by atoms with Gasteiger partial charge in [0.1, 0.15) is 11.6 Å². The molecular weight excluding hydrogens is 197 g/mol. The first-order valence-electron chi connectivity index (χ1n) is 4.80. The predicted molar refractivity (Wildman–Crippen MR) is 56.4 cm³/mol. The van der Waals surface area contributed by atoms with Gasteiger partial charge in [-0.15, -0.1) is 0 Å². The molecule has 0 fully saturated rings. The summed E-state index contributed by atoms with van der Waals surface area (Å²) in [6.07, 6.45) is 0. The Morgan fingerprint density at radius 3 is 2.67 bits per heavy atom. The van der Waals surface area contributed by atoms with Crippen LogP contribution in [0.15, 0.2) is 18.2 Å². The van der Waals surface area contributed by atoms with Gasteiger partial charge in [-0.25, -0.2) is 4.39 Å². The van der Waals surface area contributed by atoms with E-state index in [4.69, 9.17) is 15.6 Å². The molecule has 0 saturated carbocycles. The number of hydrogen-bond donors (Lipinski definition) is 2. The van der Waals surface area contributed by atoms with Gasteiger partial charge in [-0.1, -0.05) is 13.0 Å². The van der Waals surface area contributed by atoms with E-state index in [1.54, 1.807) is 19.1 Å². The van der Waals surface area contributed by atoms with Crippen molar-refractivity contribution >= 4 is 0 Å². The van der Waals surface area contributed by atoms with Crippen LogP contribution >= 0.6 is 0 Å². The van der Waals surface area contributed by atoms with E-state index in [9.17, 15) is 4.39 Å². The fraction of sp³-hybridized carbons (Fsp3) is 0.455. The Labute approximate surface area is 88.7 Å². The van der Waals surface area contributed by atoms with Crippen molar-refractivity contribution in [2.45, 2.75) is 18.9 Å². The summed E-state index contributed by atoms with van der Waals surface area (Å²) in [6.45, 7) is 1.62. The van der Waals surface area contributed by atoms with Crippen LogP contribution in [0.1, 0.15) is 18.4 Å². The summed E-state index contributed by atoms with van der Waals surface area (Å²) in [4.78, 5) is 0. The average molecular weight is 213 g/mol. The monoisotopic (exact) mass is 213 g/mol. The number of rotatable bonds is 4. The van der Waals surface area contributed by atoms with Gasteiger partial charge >= 0.3 is 0 Å². The Kier molecular flexibility index (Phi) is 4.05. The molecule has 3 nitrogen and oxygen atoms in total. The van der Waals surface area contributed by atoms with Gasteiger partial charge in [-0.2, -0.15) is 0 Å². The number of aliphatic hydroxyl groups excluding tert-OH is 1. The number of nitrogens with two attached hydrogens (primary N) is 1. The van der Waals surface area contributed by atoms with Crippen LogP contribution in [0.3, 0.4) is 0 Å². The van der Waals surface area contributed by atoms with Gasteiger partial charge in [0.15, 0.2) is 0 Å². The molecular formula is C11H16FNO2. The minimum Gasteiger partial charge on any atom is -0.497 e. The van der Waals surface area contributed by atoms with E-state index in [1.165, 1.54) is 13.2 Å². The maximum atomic E-state index is 13.6. The topological polar surface area (TPSA) is 55.5 Å². The lowest BCUT2D eigenvalue weighted by atomic mass is 9.94. The summed E-state index contributed by atoms with van der Waals surface area (Å²) >= 11 is 0. The van der Waals surface area contributed by atoms with Gasteiger partial charge in [0.2, 0.25) is 0 Å². The summed E-state index contributed by atoms with van der Waals surface area (Å²) in [7, 11) is 1.48. The third-order valence-corrected chi connectivity index (χ3v) is 2.55. The van der Waals surface area contributed by atoms with Crippen molar-refractivity contribution in [2.24, 2.45) is 5.73 Å². The molecule has 0 saturated heterocycles. The molecule has 0 radical (unpaired) electrons. The third-order valence-electron chi connectivity index (χ3n) is 2.55. The Morgan fingerprint density at radius 2 is 2.20 bits per heavy atom. The minimum atomic E-state index is -0.451. The van der Waals surface area contributed by atoms with Crippen LogP contribution < -0.4 is 10.5 Å². The molecule has 0 aliphatic heterocycles. The van der Waals surface area contributed by atoms with Crippen LogP contribution in [-0.4, -0.2) is 24.9 Å². The number of methoxy groups -OCH3 is 1. The Hall–Kier alpha value is -1.13. The quantitative estimate of drug-likeness (QED) is 0.791. The van der Waals surface area contributed by atoms with Crippen molar-refractivity contribution in [3.8, 4) is 5.75 Å². The van der Waals surface area contributed by atoms with Gasteiger partial charge in [0.25, 0.3) is 0 Å². The number of ether oxygens (including phenoxy) is 1. The highest BCUT2D eigenvalue weighted by atomic mass is 19.1. The molecule has 0 spiro atoms. The minimum absolute atomic E-state index is 0.160. The first-order chi connectivity index (χ1) is 7.10. The van der Waals surface area contributed by atoms with E-state index in [-0.39, 0.29) is 18.3 Å². The molecule has 0 aromatic heterocycles. The van der Waals surface area contributed by atoms with Crippen LogP contribution in [0, 0.1) is 5.82 Å². The predicted octanol–water partition coefficient (Wildman–Crippen LogP) is 1.26. The van der Waals surface area contributed by atoms with Crippen LogP contribution in [0.5, 0.6) is 5.75 Å². The van der Waals surface area contributed by atoms with Crippen LogP contribution in [-0.2, 0) is 0 Å². The molecule has 15 heavy (non-hydrogen) atoms. The van der Waals surface area contributed by atoms with Gasteiger partial charge in [-0.3, -0.25) is 0 Å². The summed E-state index contributed by atoms with van der Waals surface area (Å²) in [5.41, 5.74) is 6.14. The van der Waals surface area contributed by atoms with Gasteiger partial charge < -0.3 is 15.6 Å². The standard InChI is InChI=1S/C11H16FNO2/c1-7(11(13)6-14)9-4-3-8(15-2)5-10(9)12/h3-5,7,11,14H,6,13H2,1-2H3. The van der Waals surface area contributed by atoms with Crippen molar-refractivity contribution in [3.05, 3.63) is 29.6 Å². The maximum Gasteiger partial charge on any atom is 0.130 e. The number of benzene rings is 1. The Bertz CT molecular complexity index is 330. The molecule has 0 aliphatic carbocycles. The summed E-state index contributed by atoms with van der Waals surface area (Å²) in [5.74, 6) is -0.104. The lowest BCUT2D eigenvalue weighted by Crippen LogP contribution is -2.30. The van der Waals surface area contributed by atoms with E-state index in [0.29, 0.717) is 11.3 Å². The molecule has 0 amide bonds. The molecule has 4 heteroatoms. The van der Waals surface area contributed by atoms with E-state index >= 15 is 0 Å². The number of halogens is 1. The second-order valence-electron chi connectivity index (χ2n) is 3.52. The van der Waals surface area contributed by atoms with Gasteiger partial charge in [0.05, 0.1) is 13.7 Å². The summed E-state index contributed by atoms with van der Waals surface area (Å²) < 4.78 is 18.5. The highest BCUT2D eigenvalue weighted by molar-refractivity contribution is 5.31. The molecule has 2 atom stereocenters. The van der Waals surface area contributed by atoms with Gasteiger partial charge in [-0.05, 0) is 11.6 Å². The van der Waals surface area contributed by atoms with Crippen molar-refractivity contribution in [2.75, 3.05) is 13.7 Å². The smallest absolute Gasteiger partial charge is 0.130 e. The summed E-state index contributed by atoms with van der Waals surface area (Å²) in [5, 5.41) is 8.89. The average Bonchev–Trinajstić information content (AvgIpc) is 2.26. The molecule has 3 N–H and O–H groups in total. The van der Waals surface area contributed by atoms with Crippen molar-refractivity contribution in [1.29, 1.82) is 0 Å². The van der Waals surface area contributed by atoms with E-state index in [0.717, 1.165) is 0 Å². The lowest BCUT2D eigenvalue weighted by Gasteiger charge is -2.18. The molecule has 2 unspecified atom stereocenters. The molecule has 0 bridgehead atoms. The van der Waals surface area contributed by atoms with E-state index in [1.807, 2.05) is 0 Å². The zero-order chi connectivity index (χ0) is 11.4. The molecule has 1 aromatic carbocycles. The summed E-state index contributed by atoms with van der Waals surface area (Å²) in [6, 6.07) is 4.18. The molecule has 0 aliphatic rings. The highest BCUT2D eigenvalue weighted by Gasteiger charge is 2.17. The molecule has 1 rings (SSSR count). The Balaban J connectivity index is 2.95. The van der Waals surface area contributed by atoms with Crippen LogP contribution in [0.25, 0.3) is 0 Å². The number of aliphatic hydroxyl groups is 1. The first-order valence-corrected chi connectivity index (χ1v) is 4.80.